The Morgan fingerprint density at radius 2 is 1.90 bits per heavy atom. The molecule has 5 nitrogen and oxygen atoms in total. The first-order valence-electron chi connectivity index (χ1n) is 8.05. The maximum Gasteiger partial charge on any atom is 0.0965 e. The number of nitrogens with one attached hydrogen (secondary N) is 1. The summed E-state index contributed by atoms with van der Waals surface area (Å²) in [5.74, 6) is 0.690. The lowest BCUT2D eigenvalue weighted by atomic mass is 10.1. The molecule has 1 heterocycles. The van der Waals surface area contributed by atoms with Crippen molar-refractivity contribution < 1.29 is 0 Å². The average molecular weight is 295 g/mol. The standard InChI is InChI=1S/C16H33N5/c1-13(2)11-20(14(3)4)8-9-21-12-15(18-19-21)10-17-16(5,6)7/h12-14,17H,8-11H2,1-7H3. The lowest BCUT2D eigenvalue weighted by Gasteiger charge is -2.27. The maximum atomic E-state index is 4.23. The number of hydrogen-bond acceptors (Lipinski definition) is 4. The molecule has 0 aliphatic heterocycles. The first-order chi connectivity index (χ1) is 9.67. The Hall–Kier alpha value is -0.940. The SMILES string of the molecule is CC(C)CN(CCn1cc(CNC(C)(C)C)nn1)C(C)C. The molecule has 21 heavy (non-hydrogen) atoms. The quantitative estimate of drug-likeness (QED) is 0.800. The van der Waals surface area contributed by atoms with E-state index in [-0.39, 0.29) is 5.54 Å². The largest absolute Gasteiger partial charge is 0.306 e. The summed E-state index contributed by atoms with van der Waals surface area (Å²) < 4.78 is 1.95. The highest BCUT2D eigenvalue weighted by molar-refractivity contribution is 4.93. The summed E-state index contributed by atoms with van der Waals surface area (Å²) in [7, 11) is 0. The molecule has 0 amide bonds. The van der Waals surface area contributed by atoms with Crippen molar-refractivity contribution >= 4 is 0 Å². The summed E-state index contributed by atoms with van der Waals surface area (Å²) >= 11 is 0. The van der Waals surface area contributed by atoms with E-state index < -0.39 is 0 Å². The lowest BCUT2D eigenvalue weighted by molar-refractivity contribution is 0.187. The minimum Gasteiger partial charge on any atom is -0.306 e. The normalized spacial score (nSPS) is 12.9. The Labute approximate surface area is 130 Å². The molecular weight excluding hydrogens is 262 g/mol. The van der Waals surface area contributed by atoms with Crippen LogP contribution in [0.25, 0.3) is 0 Å². The third-order valence-corrected chi connectivity index (χ3v) is 3.33. The van der Waals surface area contributed by atoms with E-state index in [0.717, 1.165) is 31.9 Å². The molecule has 5 heteroatoms. The Kier molecular flexibility index (Phi) is 6.81. The van der Waals surface area contributed by atoms with E-state index >= 15 is 0 Å². The molecule has 1 N–H and O–H groups in total. The van der Waals surface area contributed by atoms with Gasteiger partial charge in [-0.05, 0) is 40.5 Å². The van der Waals surface area contributed by atoms with Gasteiger partial charge < -0.3 is 5.32 Å². The van der Waals surface area contributed by atoms with E-state index in [1.54, 1.807) is 0 Å². The molecule has 1 aromatic heterocycles. The topological polar surface area (TPSA) is 46.0 Å². The first kappa shape index (κ1) is 18.1. The molecular formula is C16H33N5. The highest BCUT2D eigenvalue weighted by Gasteiger charge is 2.13. The summed E-state index contributed by atoms with van der Waals surface area (Å²) in [5.41, 5.74) is 1.11. The van der Waals surface area contributed by atoms with Crippen LogP contribution in [0, 0.1) is 5.92 Å². The minimum atomic E-state index is 0.107. The van der Waals surface area contributed by atoms with Gasteiger partial charge in [-0.15, -0.1) is 5.10 Å². The van der Waals surface area contributed by atoms with Gasteiger partial charge in [0.15, 0.2) is 0 Å². The molecule has 0 aliphatic carbocycles. The van der Waals surface area contributed by atoms with Gasteiger partial charge in [-0.2, -0.15) is 0 Å². The maximum absolute atomic E-state index is 4.23. The van der Waals surface area contributed by atoms with Gasteiger partial charge in [0.2, 0.25) is 0 Å². The van der Waals surface area contributed by atoms with Crippen LogP contribution in [0.15, 0.2) is 6.20 Å². The van der Waals surface area contributed by atoms with Crippen LogP contribution < -0.4 is 5.32 Å². The smallest absolute Gasteiger partial charge is 0.0965 e. The molecule has 0 radical (unpaired) electrons. The van der Waals surface area contributed by atoms with Crippen molar-refractivity contribution in [2.75, 3.05) is 13.1 Å². The molecule has 0 saturated heterocycles. The number of aromatic nitrogens is 3. The fraction of sp³-hybridized carbons (Fsp3) is 0.875. The summed E-state index contributed by atoms with van der Waals surface area (Å²) in [6.07, 6.45) is 2.05. The van der Waals surface area contributed by atoms with E-state index in [1.807, 2.05) is 10.9 Å². The molecule has 0 saturated carbocycles. The van der Waals surface area contributed by atoms with Gasteiger partial charge in [0.05, 0.1) is 12.2 Å². The highest BCUT2D eigenvalue weighted by Crippen LogP contribution is 2.05. The molecule has 1 aromatic rings. The Morgan fingerprint density at radius 3 is 2.43 bits per heavy atom. The molecule has 0 spiro atoms. The van der Waals surface area contributed by atoms with Crippen LogP contribution in [-0.2, 0) is 13.1 Å². The Bertz CT molecular complexity index is 403. The van der Waals surface area contributed by atoms with Crippen molar-refractivity contribution in [1.29, 1.82) is 0 Å². The van der Waals surface area contributed by atoms with Gasteiger partial charge in [-0.1, -0.05) is 19.1 Å². The minimum absolute atomic E-state index is 0.107. The second-order valence-corrected chi connectivity index (χ2v) is 7.56. The Morgan fingerprint density at radius 1 is 1.24 bits per heavy atom. The van der Waals surface area contributed by atoms with Crippen molar-refractivity contribution in [1.82, 2.24) is 25.2 Å². The van der Waals surface area contributed by atoms with Gasteiger partial charge in [0, 0.05) is 37.4 Å². The van der Waals surface area contributed by atoms with Crippen molar-refractivity contribution in [3.8, 4) is 0 Å². The van der Waals surface area contributed by atoms with Crippen molar-refractivity contribution in [3.05, 3.63) is 11.9 Å². The Balaban J connectivity index is 2.46. The molecule has 0 unspecified atom stereocenters. The molecule has 0 aliphatic rings. The van der Waals surface area contributed by atoms with Gasteiger partial charge in [-0.25, -0.2) is 0 Å². The zero-order valence-electron chi connectivity index (χ0n) is 14.8. The van der Waals surface area contributed by atoms with E-state index in [2.05, 4.69) is 69.0 Å². The van der Waals surface area contributed by atoms with E-state index in [9.17, 15) is 0 Å². The van der Waals surface area contributed by atoms with Crippen LogP contribution in [-0.4, -0.2) is 44.6 Å². The van der Waals surface area contributed by atoms with Crippen LogP contribution in [0.4, 0.5) is 0 Å². The van der Waals surface area contributed by atoms with Crippen LogP contribution in [0.3, 0.4) is 0 Å². The van der Waals surface area contributed by atoms with E-state index in [0.29, 0.717) is 12.0 Å². The third-order valence-electron chi connectivity index (χ3n) is 3.33. The highest BCUT2D eigenvalue weighted by atomic mass is 15.4. The van der Waals surface area contributed by atoms with Crippen molar-refractivity contribution in [2.24, 2.45) is 5.92 Å². The number of hydrogen-bond donors (Lipinski definition) is 1. The zero-order chi connectivity index (χ0) is 16.0. The molecule has 0 fully saturated rings. The van der Waals surface area contributed by atoms with Gasteiger partial charge >= 0.3 is 0 Å². The van der Waals surface area contributed by atoms with Gasteiger partial charge in [0.1, 0.15) is 0 Å². The van der Waals surface area contributed by atoms with Crippen LogP contribution in [0.2, 0.25) is 0 Å². The monoisotopic (exact) mass is 295 g/mol. The molecule has 0 atom stereocenters. The van der Waals surface area contributed by atoms with Gasteiger partial charge in [-0.3, -0.25) is 9.58 Å². The van der Waals surface area contributed by atoms with Crippen LogP contribution in [0.1, 0.15) is 54.2 Å². The van der Waals surface area contributed by atoms with Crippen molar-refractivity contribution in [2.45, 2.75) is 73.1 Å². The molecule has 0 bridgehead atoms. The summed E-state index contributed by atoms with van der Waals surface area (Å²) in [4.78, 5) is 2.50. The third kappa shape index (κ3) is 7.58. The fourth-order valence-corrected chi connectivity index (χ4v) is 2.14. The average Bonchev–Trinajstić information content (AvgIpc) is 2.78. The van der Waals surface area contributed by atoms with Crippen LogP contribution in [0.5, 0.6) is 0 Å². The summed E-state index contributed by atoms with van der Waals surface area (Å²) in [5, 5.41) is 11.9. The zero-order valence-corrected chi connectivity index (χ0v) is 14.8. The van der Waals surface area contributed by atoms with Crippen LogP contribution >= 0.6 is 0 Å². The molecule has 0 aromatic carbocycles. The first-order valence-corrected chi connectivity index (χ1v) is 8.05. The van der Waals surface area contributed by atoms with Gasteiger partial charge in [0.25, 0.3) is 0 Å². The summed E-state index contributed by atoms with van der Waals surface area (Å²) in [6, 6.07) is 0.568. The van der Waals surface area contributed by atoms with E-state index in [1.165, 1.54) is 0 Å². The summed E-state index contributed by atoms with van der Waals surface area (Å²) in [6.45, 7) is 19.3. The predicted octanol–water partition coefficient (Wildman–Crippen LogP) is 2.53. The second kappa shape index (κ2) is 7.90. The molecule has 1 rings (SSSR count). The predicted molar refractivity (Wildman–Crippen MR) is 88.2 cm³/mol. The van der Waals surface area contributed by atoms with E-state index in [4.69, 9.17) is 0 Å². The number of nitrogens with zero attached hydrogens (tertiary/aromatic N) is 4. The van der Waals surface area contributed by atoms with Crippen molar-refractivity contribution in [3.63, 3.8) is 0 Å². The lowest BCUT2D eigenvalue weighted by Crippen LogP contribution is -2.36. The number of rotatable bonds is 8. The fourth-order valence-electron chi connectivity index (χ4n) is 2.14. The second-order valence-electron chi connectivity index (χ2n) is 7.56. The molecule has 122 valence electrons.